The van der Waals surface area contributed by atoms with Crippen molar-refractivity contribution in [2.45, 2.75) is 25.3 Å². The molecule has 18 heavy (non-hydrogen) atoms. The van der Waals surface area contributed by atoms with Gasteiger partial charge in [0.2, 0.25) is 0 Å². The van der Waals surface area contributed by atoms with E-state index in [1.54, 1.807) is 17.2 Å². The summed E-state index contributed by atoms with van der Waals surface area (Å²) in [6.07, 6.45) is 3.89. The maximum absolute atomic E-state index is 12.4. The van der Waals surface area contributed by atoms with Crippen molar-refractivity contribution in [1.29, 1.82) is 5.26 Å². The van der Waals surface area contributed by atoms with Crippen molar-refractivity contribution < 1.29 is 4.79 Å². The number of hydrogen-bond acceptors (Lipinski definition) is 4. The summed E-state index contributed by atoms with van der Waals surface area (Å²) in [6, 6.07) is 3.99. The number of aromatic nitrogens is 1. The van der Waals surface area contributed by atoms with E-state index in [0.717, 1.165) is 17.3 Å². The Hall–Kier alpha value is -1.61. The van der Waals surface area contributed by atoms with Gasteiger partial charge in [-0.3, -0.25) is 4.79 Å². The van der Waals surface area contributed by atoms with Gasteiger partial charge in [0.1, 0.15) is 5.82 Å². The van der Waals surface area contributed by atoms with Crippen LogP contribution in [0, 0.1) is 11.3 Å². The quantitative estimate of drug-likeness (QED) is 0.921. The highest BCUT2D eigenvalue weighted by atomic mass is 79.9. The maximum Gasteiger partial charge on any atom is 0.257 e. The van der Waals surface area contributed by atoms with Gasteiger partial charge in [0.15, 0.2) is 0 Å². The van der Waals surface area contributed by atoms with Crippen LogP contribution in [0.3, 0.4) is 0 Å². The van der Waals surface area contributed by atoms with Crippen LogP contribution in [0.1, 0.15) is 29.6 Å². The van der Waals surface area contributed by atoms with E-state index in [0.29, 0.717) is 18.5 Å². The highest BCUT2D eigenvalue weighted by Crippen LogP contribution is 2.29. The zero-order valence-corrected chi connectivity index (χ0v) is 11.4. The van der Waals surface area contributed by atoms with Crippen molar-refractivity contribution in [3.8, 4) is 6.07 Å². The van der Waals surface area contributed by atoms with E-state index in [2.05, 4.69) is 27.0 Å². The summed E-state index contributed by atoms with van der Waals surface area (Å²) in [7, 11) is 0. The number of anilines is 1. The minimum atomic E-state index is -0.140. The Labute approximate surface area is 114 Å². The van der Waals surface area contributed by atoms with Crippen LogP contribution < -0.4 is 5.73 Å². The molecule has 1 aliphatic carbocycles. The summed E-state index contributed by atoms with van der Waals surface area (Å²) in [6.45, 7) is 0.450. The molecule has 0 bridgehead atoms. The van der Waals surface area contributed by atoms with Crippen LogP contribution in [0.15, 0.2) is 16.7 Å². The van der Waals surface area contributed by atoms with Gasteiger partial charge in [0.05, 0.1) is 18.1 Å². The van der Waals surface area contributed by atoms with Gasteiger partial charge in [-0.05, 0) is 34.8 Å². The molecule has 0 spiro atoms. The molecule has 1 aromatic heterocycles. The Morgan fingerprint density at radius 2 is 2.39 bits per heavy atom. The summed E-state index contributed by atoms with van der Waals surface area (Å²) < 4.78 is 0.719. The Balaban J connectivity index is 2.22. The van der Waals surface area contributed by atoms with Gasteiger partial charge in [-0.25, -0.2) is 4.98 Å². The third-order valence-corrected chi connectivity index (χ3v) is 3.26. The number of nitrogen functional groups attached to an aromatic ring is 1. The van der Waals surface area contributed by atoms with E-state index >= 15 is 0 Å². The first kappa shape index (κ1) is 12.8. The number of amides is 1. The number of nitrogens with zero attached hydrogens (tertiary/aromatic N) is 3. The molecule has 0 unspecified atom stereocenters. The molecule has 5 nitrogen and oxygen atoms in total. The van der Waals surface area contributed by atoms with Crippen molar-refractivity contribution in [3.05, 3.63) is 22.3 Å². The van der Waals surface area contributed by atoms with Crippen LogP contribution in [0.5, 0.6) is 0 Å². The molecule has 94 valence electrons. The molecule has 1 saturated carbocycles. The summed E-state index contributed by atoms with van der Waals surface area (Å²) in [4.78, 5) is 18.1. The first-order valence-corrected chi connectivity index (χ1v) is 6.51. The predicted octanol–water partition coefficient (Wildman–Crippen LogP) is 1.94. The number of rotatable bonds is 4. The van der Waals surface area contributed by atoms with Gasteiger partial charge >= 0.3 is 0 Å². The molecule has 1 heterocycles. The Morgan fingerprint density at radius 3 is 3.00 bits per heavy atom. The molecule has 2 rings (SSSR count). The molecule has 0 aliphatic heterocycles. The number of carbonyl (C=O) groups excluding carboxylic acids is 1. The monoisotopic (exact) mass is 308 g/mol. The topological polar surface area (TPSA) is 83.0 Å². The van der Waals surface area contributed by atoms with Crippen molar-refractivity contribution in [1.82, 2.24) is 9.88 Å². The molecular formula is C12H13BrN4O. The van der Waals surface area contributed by atoms with Crippen molar-refractivity contribution in [2.24, 2.45) is 0 Å². The summed E-state index contributed by atoms with van der Waals surface area (Å²) in [5.41, 5.74) is 6.13. The van der Waals surface area contributed by atoms with Crippen molar-refractivity contribution >= 4 is 27.7 Å². The van der Waals surface area contributed by atoms with E-state index in [1.165, 1.54) is 0 Å². The third-order valence-electron chi connectivity index (χ3n) is 2.83. The number of hydrogen-bond donors (Lipinski definition) is 1. The second kappa shape index (κ2) is 5.36. The molecule has 1 aromatic rings. The molecule has 2 N–H and O–H groups in total. The largest absolute Gasteiger partial charge is 0.383 e. The minimum absolute atomic E-state index is 0.140. The van der Waals surface area contributed by atoms with Crippen LogP contribution in [-0.4, -0.2) is 28.4 Å². The van der Waals surface area contributed by atoms with E-state index in [4.69, 9.17) is 11.0 Å². The lowest BCUT2D eigenvalue weighted by molar-refractivity contribution is 0.0747. The van der Waals surface area contributed by atoms with E-state index in [1.807, 2.05) is 0 Å². The molecule has 1 aliphatic rings. The number of nitrogens with two attached hydrogens (primary N) is 1. The molecule has 1 fully saturated rings. The van der Waals surface area contributed by atoms with Crippen molar-refractivity contribution in [2.75, 3.05) is 12.3 Å². The smallest absolute Gasteiger partial charge is 0.257 e. The molecule has 0 atom stereocenters. The van der Waals surface area contributed by atoms with Gasteiger partial charge in [-0.1, -0.05) is 0 Å². The zero-order chi connectivity index (χ0) is 13.1. The lowest BCUT2D eigenvalue weighted by Crippen LogP contribution is -2.34. The average molecular weight is 309 g/mol. The number of halogens is 1. The van der Waals surface area contributed by atoms with Gasteiger partial charge in [0, 0.05) is 23.3 Å². The first-order valence-electron chi connectivity index (χ1n) is 5.72. The summed E-state index contributed by atoms with van der Waals surface area (Å²) in [5, 5.41) is 8.64. The molecular weight excluding hydrogens is 296 g/mol. The fraction of sp³-hybridized carbons (Fsp3) is 0.417. The van der Waals surface area contributed by atoms with Gasteiger partial charge in [-0.15, -0.1) is 0 Å². The van der Waals surface area contributed by atoms with E-state index in [-0.39, 0.29) is 17.8 Å². The lowest BCUT2D eigenvalue weighted by atomic mass is 10.2. The van der Waals surface area contributed by atoms with Crippen LogP contribution >= 0.6 is 15.9 Å². The van der Waals surface area contributed by atoms with Crippen LogP contribution in [-0.2, 0) is 0 Å². The van der Waals surface area contributed by atoms with Crippen LogP contribution in [0.2, 0.25) is 0 Å². The molecule has 6 heteroatoms. The SMILES string of the molecule is N#CCCN(C(=O)c1cc(Br)cnc1N)C1CC1. The third kappa shape index (κ3) is 2.79. The number of carbonyl (C=O) groups is 1. The highest BCUT2D eigenvalue weighted by Gasteiger charge is 2.33. The second-order valence-electron chi connectivity index (χ2n) is 4.22. The van der Waals surface area contributed by atoms with Crippen LogP contribution in [0.25, 0.3) is 0 Å². The average Bonchev–Trinajstić information content (AvgIpc) is 3.17. The minimum Gasteiger partial charge on any atom is -0.383 e. The Kier molecular flexibility index (Phi) is 3.82. The maximum atomic E-state index is 12.4. The first-order chi connectivity index (χ1) is 8.63. The van der Waals surface area contributed by atoms with Gasteiger partial charge < -0.3 is 10.6 Å². The fourth-order valence-corrected chi connectivity index (χ4v) is 2.11. The molecule has 1 amide bonds. The van der Waals surface area contributed by atoms with Crippen LogP contribution in [0.4, 0.5) is 5.82 Å². The standard InChI is InChI=1S/C12H13BrN4O/c13-8-6-10(11(15)16-7-8)12(18)17(5-1-4-14)9-2-3-9/h6-7,9H,1-3,5H2,(H2,15,16). The molecule has 0 aromatic carbocycles. The predicted molar refractivity (Wildman–Crippen MR) is 70.6 cm³/mol. The Bertz CT molecular complexity index is 507. The highest BCUT2D eigenvalue weighted by molar-refractivity contribution is 9.10. The van der Waals surface area contributed by atoms with E-state index in [9.17, 15) is 4.79 Å². The van der Waals surface area contributed by atoms with Gasteiger partial charge in [0.25, 0.3) is 5.91 Å². The summed E-state index contributed by atoms with van der Waals surface area (Å²) >= 11 is 3.28. The fourth-order valence-electron chi connectivity index (χ4n) is 1.78. The normalized spacial score (nSPS) is 14.0. The zero-order valence-electron chi connectivity index (χ0n) is 9.77. The second-order valence-corrected chi connectivity index (χ2v) is 5.14. The molecule has 0 saturated heterocycles. The summed E-state index contributed by atoms with van der Waals surface area (Å²) in [5.74, 6) is 0.0878. The van der Waals surface area contributed by atoms with E-state index < -0.39 is 0 Å². The Morgan fingerprint density at radius 1 is 1.67 bits per heavy atom. The molecule has 0 radical (unpaired) electrons. The lowest BCUT2D eigenvalue weighted by Gasteiger charge is -2.21. The van der Waals surface area contributed by atoms with Gasteiger partial charge in [-0.2, -0.15) is 5.26 Å². The van der Waals surface area contributed by atoms with Crippen molar-refractivity contribution in [3.63, 3.8) is 0 Å². The number of nitriles is 1. The number of pyridine rings is 1.